The van der Waals surface area contributed by atoms with E-state index in [1.165, 1.54) is 12.1 Å². The van der Waals surface area contributed by atoms with Crippen molar-refractivity contribution in [3.05, 3.63) is 29.6 Å². The molecule has 0 fully saturated rings. The van der Waals surface area contributed by atoms with Crippen molar-refractivity contribution in [2.45, 2.75) is 6.92 Å². The third-order valence-corrected chi connectivity index (χ3v) is 1.99. The zero-order valence-electron chi connectivity index (χ0n) is 7.71. The lowest BCUT2D eigenvalue weighted by atomic mass is 10.2. The van der Waals surface area contributed by atoms with Crippen LogP contribution in [0.5, 0.6) is 0 Å². The third kappa shape index (κ3) is 1.97. The van der Waals surface area contributed by atoms with Gasteiger partial charge in [0.1, 0.15) is 11.9 Å². The summed E-state index contributed by atoms with van der Waals surface area (Å²) in [5.41, 5.74) is 0.882. The summed E-state index contributed by atoms with van der Waals surface area (Å²) < 4.78 is 13.1. The van der Waals surface area contributed by atoms with Crippen molar-refractivity contribution in [3.8, 4) is 6.07 Å². The standard InChI is InChI=1S/C10H11FN2/c1-3-13(2)9-5-4-8(7-12)10(11)6-9/h4-6H,3H2,1-2H3. The molecular formula is C10H11FN2. The zero-order valence-corrected chi connectivity index (χ0v) is 7.71. The Balaban J connectivity index is 3.04. The Morgan fingerprint density at radius 3 is 2.69 bits per heavy atom. The predicted molar refractivity (Wildman–Crippen MR) is 50.1 cm³/mol. The Labute approximate surface area is 77.2 Å². The number of rotatable bonds is 2. The molecule has 68 valence electrons. The quantitative estimate of drug-likeness (QED) is 0.693. The van der Waals surface area contributed by atoms with Gasteiger partial charge in [0.15, 0.2) is 0 Å². The smallest absolute Gasteiger partial charge is 0.143 e. The van der Waals surface area contributed by atoms with E-state index in [1.54, 1.807) is 12.1 Å². The highest BCUT2D eigenvalue weighted by Crippen LogP contribution is 2.16. The summed E-state index contributed by atoms with van der Waals surface area (Å²) in [5.74, 6) is -0.458. The van der Waals surface area contributed by atoms with Crippen molar-refractivity contribution in [1.29, 1.82) is 5.26 Å². The lowest BCUT2D eigenvalue weighted by Crippen LogP contribution is -2.15. The molecule has 0 radical (unpaired) electrons. The molecular weight excluding hydrogens is 167 g/mol. The molecule has 0 bridgehead atoms. The number of hydrogen-bond donors (Lipinski definition) is 0. The van der Waals surface area contributed by atoms with Crippen LogP contribution in [0.25, 0.3) is 0 Å². The van der Waals surface area contributed by atoms with Gasteiger partial charge >= 0.3 is 0 Å². The topological polar surface area (TPSA) is 27.0 Å². The number of nitriles is 1. The summed E-state index contributed by atoms with van der Waals surface area (Å²) in [4.78, 5) is 1.91. The lowest BCUT2D eigenvalue weighted by Gasteiger charge is -2.16. The molecule has 0 aliphatic rings. The number of halogens is 1. The Morgan fingerprint density at radius 1 is 1.54 bits per heavy atom. The van der Waals surface area contributed by atoms with Crippen LogP contribution < -0.4 is 4.90 Å². The summed E-state index contributed by atoms with van der Waals surface area (Å²) in [6, 6.07) is 6.40. The maximum absolute atomic E-state index is 13.1. The first-order valence-electron chi connectivity index (χ1n) is 4.09. The fraction of sp³-hybridized carbons (Fsp3) is 0.300. The third-order valence-electron chi connectivity index (χ3n) is 1.99. The monoisotopic (exact) mass is 178 g/mol. The number of anilines is 1. The minimum Gasteiger partial charge on any atom is -0.375 e. The number of nitrogens with zero attached hydrogens (tertiary/aromatic N) is 2. The van der Waals surface area contributed by atoms with Gasteiger partial charge in [0.25, 0.3) is 0 Å². The molecule has 0 N–H and O–H groups in total. The summed E-state index contributed by atoms with van der Waals surface area (Å²) in [5, 5.41) is 8.50. The number of benzene rings is 1. The highest BCUT2D eigenvalue weighted by molar-refractivity contribution is 5.49. The van der Waals surface area contributed by atoms with Crippen LogP contribution in [-0.2, 0) is 0 Å². The minimum atomic E-state index is -0.458. The first kappa shape index (κ1) is 9.53. The van der Waals surface area contributed by atoms with Crippen LogP contribution in [0.3, 0.4) is 0 Å². The molecule has 1 rings (SSSR count). The molecule has 0 spiro atoms. The van der Waals surface area contributed by atoms with E-state index in [9.17, 15) is 4.39 Å². The molecule has 2 nitrogen and oxygen atoms in total. The van der Waals surface area contributed by atoms with E-state index in [0.29, 0.717) is 0 Å². The summed E-state index contributed by atoms with van der Waals surface area (Å²) in [7, 11) is 1.88. The van der Waals surface area contributed by atoms with Gasteiger partial charge in [0, 0.05) is 19.3 Å². The molecule has 0 aliphatic carbocycles. The second-order valence-corrected chi connectivity index (χ2v) is 2.79. The average Bonchev–Trinajstić information content (AvgIpc) is 2.16. The Bertz CT molecular complexity index is 341. The van der Waals surface area contributed by atoms with Gasteiger partial charge in [-0.3, -0.25) is 0 Å². The first-order valence-corrected chi connectivity index (χ1v) is 4.09. The van der Waals surface area contributed by atoms with Crippen LogP contribution in [-0.4, -0.2) is 13.6 Å². The van der Waals surface area contributed by atoms with Gasteiger partial charge in [-0.25, -0.2) is 4.39 Å². The summed E-state index contributed by atoms with van der Waals surface area (Å²) in [6.07, 6.45) is 0. The van der Waals surface area contributed by atoms with E-state index in [4.69, 9.17) is 5.26 Å². The van der Waals surface area contributed by atoms with E-state index in [2.05, 4.69) is 0 Å². The molecule has 3 heteroatoms. The van der Waals surface area contributed by atoms with Crippen LogP contribution in [0, 0.1) is 17.1 Å². The Kier molecular flexibility index (Phi) is 2.86. The SMILES string of the molecule is CCN(C)c1ccc(C#N)c(F)c1. The molecule has 0 atom stereocenters. The van der Waals surface area contributed by atoms with Gasteiger partial charge in [-0.05, 0) is 25.1 Å². The molecule has 0 heterocycles. The molecule has 0 unspecified atom stereocenters. The van der Waals surface area contributed by atoms with Gasteiger partial charge < -0.3 is 4.90 Å². The first-order chi connectivity index (χ1) is 6.19. The van der Waals surface area contributed by atoms with Crippen molar-refractivity contribution < 1.29 is 4.39 Å². The van der Waals surface area contributed by atoms with E-state index in [0.717, 1.165) is 12.2 Å². The van der Waals surface area contributed by atoms with E-state index in [1.807, 2.05) is 18.9 Å². The van der Waals surface area contributed by atoms with Crippen molar-refractivity contribution in [3.63, 3.8) is 0 Å². The van der Waals surface area contributed by atoms with Crippen molar-refractivity contribution in [2.24, 2.45) is 0 Å². The van der Waals surface area contributed by atoms with Gasteiger partial charge in [0.05, 0.1) is 5.56 Å². The fourth-order valence-corrected chi connectivity index (χ4v) is 1.01. The Hall–Kier alpha value is -1.56. The minimum absolute atomic E-state index is 0.0910. The van der Waals surface area contributed by atoms with Gasteiger partial charge in [-0.15, -0.1) is 0 Å². The van der Waals surface area contributed by atoms with Crippen LogP contribution in [0.15, 0.2) is 18.2 Å². The van der Waals surface area contributed by atoms with Crippen LogP contribution in [0.1, 0.15) is 12.5 Å². The predicted octanol–water partition coefficient (Wildman–Crippen LogP) is 2.15. The summed E-state index contributed by atoms with van der Waals surface area (Å²) >= 11 is 0. The lowest BCUT2D eigenvalue weighted by molar-refractivity contribution is 0.623. The van der Waals surface area contributed by atoms with E-state index in [-0.39, 0.29) is 5.56 Å². The molecule has 0 amide bonds. The van der Waals surface area contributed by atoms with Crippen molar-refractivity contribution >= 4 is 5.69 Å². The van der Waals surface area contributed by atoms with Crippen LogP contribution in [0.2, 0.25) is 0 Å². The molecule has 1 aromatic rings. The maximum Gasteiger partial charge on any atom is 0.143 e. The van der Waals surface area contributed by atoms with Crippen LogP contribution in [0.4, 0.5) is 10.1 Å². The second-order valence-electron chi connectivity index (χ2n) is 2.79. The normalized spacial score (nSPS) is 9.38. The zero-order chi connectivity index (χ0) is 9.84. The molecule has 0 aliphatic heterocycles. The largest absolute Gasteiger partial charge is 0.375 e. The molecule has 0 aromatic heterocycles. The fourth-order valence-electron chi connectivity index (χ4n) is 1.01. The molecule has 0 saturated heterocycles. The molecule has 1 aromatic carbocycles. The maximum atomic E-state index is 13.1. The highest BCUT2D eigenvalue weighted by atomic mass is 19.1. The second kappa shape index (κ2) is 3.90. The van der Waals surface area contributed by atoms with Gasteiger partial charge in [-0.1, -0.05) is 0 Å². The van der Waals surface area contributed by atoms with E-state index >= 15 is 0 Å². The number of hydrogen-bond acceptors (Lipinski definition) is 2. The summed E-state index contributed by atoms with van der Waals surface area (Å²) in [6.45, 7) is 2.79. The van der Waals surface area contributed by atoms with Crippen molar-refractivity contribution in [2.75, 3.05) is 18.5 Å². The average molecular weight is 178 g/mol. The molecule has 13 heavy (non-hydrogen) atoms. The van der Waals surface area contributed by atoms with E-state index < -0.39 is 5.82 Å². The van der Waals surface area contributed by atoms with Gasteiger partial charge in [-0.2, -0.15) is 5.26 Å². The van der Waals surface area contributed by atoms with Crippen LogP contribution >= 0.6 is 0 Å². The highest BCUT2D eigenvalue weighted by Gasteiger charge is 2.04. The molecule has 0 saturated carbocycles. The van der Waals surface area contributed by atoms with Gasteiger partial charge in [0.2, 0.25) is 0 Å². The van der Waals surface area contributed by atoms with Crippen molar-refractivity contribution in [1.82, 2.24) is 0 Å². The Morgan fingerprint density at radius 2 is 2.23 bits per heavy atom.